The number of rotatable bonds is 5. The average molecular weight is 331 g/mol. The Morgan fingerprint density at radius 2 is 1.72 bits per heavy atom. The van der Waals surface area contributed by atoms with Crippen LogP contribution in [-0.4, -0.2) is 18.1 Å². The minimum Gasteiger partial charge on any atom is -0.465 e. The van der Waals surface area contributed by atoms with Gasteiger partial charge in [-0.05, 0) is 48.0 Å². The van der Waals surface area contributed by atoms with Gasteiger partial charge in [0.25, 0.3) is 0 Å². The van der Waals surface area contributed by atoms with Crippen molar-refractivity contribution in [1.29, 1.82) is 0 Å². The molecule has 0 aliphatic rings. The molecule has 4 heteroatoms. The normalized spacial score (nSPS) is 10.6. The Morgan fingerprint density at radius 3 is 2.44 bits per heavy atom. The molecule has 4 nitrogen and oxygen atoms in total. The van der Waals surface area contributed by atoms with Gasteiger partial charge in [0.05, 0.1) is 18.4 Å². The third-order valence-corrected chi connectivity index (χ3v) is 3.49. The van der Waals surface area contributed by atoms with Gasteiger partial charge in [-0.3, -0.25) is 4.98 Å². The molecule has 1 heterocycles. The summed E-state index contributed by atoms with van der Waals surface area (Å²) in [7, 11) is 1.35. The number of methoxy groups -OCH3 is 1. The summed E-state index contributed by atoms with van der Waals surface area (Å²) < 4.78 is 10.5. The molecule has 0 amide bonds. The van der Waals surface area contributed by atoms with Crippen LogP contribution in [0.5, 0.6) is 11.5 Å². The number of carbonyl (C=O) groups excluding carboxylic acids is 1. The summed E-state index contributed by atoms with van der Waals surface area (Å²) >= 11 is 0. The van der Waals surface area contributed by atoms with E-state index in [-0.39, 0.29) is 0 Å². The van der Waals surface area contributed by atoms with Crippen LogP contribution < -0.4 is 4.74 Å². The quantitative estimate of drug-likeness (QED) is 0.628. The lowest BCUT2D eigenvalue weighted by molar-refractivity contribution is 0.0600. The molecule has 0 aliphatic heterocycles. The van der Waals surface area contributed by atoms with Crippen molar-refractivity contribution in [1.82, 2.24) is 4.98 Å². The summed E-state index contributed by atoms with van der Waals surface area (Å²) in [5.41, 5.74) is 2.17. The number of para-hydroxylation sites is 1. The molecule has 0 aliphatic carbocycles. The number of benzene rings is 2. The summed E-state index contributed by atoms with van der Waals surface area (Å²) in [6.07, 6.45) is 5.32. The van der Waals surface area contributed by atoms with Gasteiger partial charge in [0.2, 0.25) is 0 Å². The highest BCUT2D eigenvalue weighted by Crippen LogP contribution is 2.22. The zero-order valence-corrected chi connectivity index (χ0v) is 13.8. The number of carbonyl (C=O) groups is 1. The molecule has 25 heavy (non-hydrogen) atoms. The molecule has 0 bridgehead atoms. The van der Waals surface area contributed by atoms with E-state index in [1.54, 1.807) is 12.1 Å². The number of ether oxygens (including phenoxy) is 2. The van der Waals surface area contributed by atoms with Crippen molar-refractivity contribution in [2.24, 2.45) is 0 Å². The summed E-state index contributed by atoms with van der Waals surface area (Å²) in [4.78, 5) is 15.6. The predicted molar refractivity (Wildman–Crippen MR) is 97.5 cm³/mol. The van der Waals surface area contributed by atoms with Crippen LogP contribution in [0, 0.1) is 0 Å². The molecule has 2 aromatic carbocycles. The fourth-order valence-corrected chi connectivity index (χ4v) is 2.23. The number of pyridine rings is 1. The maximum atomic E-state index is 11.4. The van der Waals surface area contributed by atoms with Crippen molar-refractivity contribution in [3.63, 3.8) is 0 Å². The summed E-state index contributed by atoms with van der Waals surface area (Å²) in [5.74, 6) is 1.17. The molecule has 0 saturated carbocycles. The summed E-state index contributed by atoms with van der Waals surface area (Å²) in [6.45, 7) is 0. The first-order chi connectivity index (χ1) is 12.2. The van der Waals surface area contributed by atoms with Gasteiger partial charge in [0, 0.05) is 6.20 Å². The van der Waals surface area contributed by atoms with Gasteiger partial charge >= 0.3 is 5.97 Å². The van der Waals surface area contributed by atoms with Crippen molar-refractivity contribution in [3.8, 4) is 11.5 Å². The molecule has 0 spiro atoms. The number of hydrogen-bond acceptors (Lipinski definition) is 4. The van der Waals surface area contributed by atoms with Gasteiger partial charge in [0.15, 0.2) is 0 Å². The first-order valence-electron chi connectivity index (χ1n) is 7.80. The van der Waals surface area contributed by atoms with E-state index in [4.69, 9.17) is 4.74 Å². The van der Waals surface area contributed by atoms with E-state index in [9.17, 15) is 4.79 Å². The standard InChI is InChI=1S/C21H17NO3/c1-24-21(23)17-11-13-18(22-15-17)12-10-16-6-5-9-20(14-16)25-19-7-3-2-4-8-19/h2-15H,1H3/b12-10+. The molecule has 124 valence electrons. The van der Waals surface area contributed by atoms with Crippen LogP contribution in [0.25, 0.3) is 12.2 Å². The molecular weight excluding hydrogens is 314 g/mol. The lowest BCUT2D eigenvalue weighted by atomic mass is 10.1. The van der Waals surface area contributed by atoms with E-state index in [0.29, 0.717) is 5.56 Å². The minimum absolute atomic E-state index is 0.395. The van der Waals surface area contributed by atoms with Gasteiger partial charge in [0.1, 0.15) is 11.5 Å². The van der Waals surface area contributed by atoms with Crippen molar-refractivity contribution in [2.75, 3.05) is 7.11 Å². The highest BCUT2D eigenvalue weighted by Gasteiger charge is 2.04. The van der Waals surface area contributed by atoms with Crippen LogP contribution in [0.1, 0.15) is 21.6 Å². The molecule has 0 unspecified atom stereocenters. The molecule has 1 aromatic heterocycles. The predicted octanol–water partition coefficient (Wildman–Crippen LogP) is 4.83. The Balaban J connectivity index is 1.71. The van der Waals surface area contributed by atoms with Crippen LogP contribution in [-0.2, 0) is 4.74 Å². The second kappa shape index (κ2) is 7.93. The van der Waals surface area contributed by atoms with Crippen LogP contribution in [0.2, 0.25) is 0 Å². The third kappa shape index (κ3) is 4.54. The lowest BCUT2D eigenvalue weighted by Crippen LogP contribution is -2.01. The van der Waals surface area contributed by atoms with E-state index >= 15 is 0 Å². The highest BCUT2D eigenvalue weighted by atomic mass is 16.5. The van der Waals surface area contributed by atoms with Crippen LogP contribution in [0.3, 0.4) is 0 Å². The van der Waals surface area contributed by atoms with E-state index in [0.717, 1.165) is 22.8 Å². The Hall–Kier alpha value is -3.40. The molecule has 0 saturated heterocycles. The topological polar surface area (TPSA) is 48.4 Å². The average Bonchev–Trinajstić information content (AvgIpc) is 2.67. The largest absolute Gasteiger partial charge is 0.465 e. The zero-order valence-electron chi connectivity index (χ0n) is 13.8. The molecule has 3 rings (SSSR count). The molecule has 0 radical (unpaired) electrons. The Bertz CT molecular complexity index is 871. The van der Waals surface area contributed by atoms with E-state index in [1.807, 2.05) is 66.7 Å². The van der Waals surface area contributed by atoms with Crippen molar-refractivity contribution in [2.45, 2.75) is 0 Å². The second-order valence-electron chi connectivity index (χ2n) is 5.28. The smallest absolute Gasteiger partial charge is 0.339 e. The fourth-order valence-electron chi connectivity index (χ4n) is 2.23. The Morgan fingerprint density at radius 1 is 0.920 bits per heavy atom. The molecule has 0 fully saturated rings. The monoisotopic (exact) mass is 331 g/mol. The Kier molecular flexibility index (Phi) is 5.22. The number of aromatic nitrogens is 1. The maximum Gasteiger partial charge on any atom is 0.339 e. The third-order valence-electron chi connectivity index (χ3n) is 3.49. The van der Waals surface area contributed by atoms with Crippen molar-refractivity contribution in [3.05, 3.63) is 89.7 Å². The van der Waals surface area contributed by atoms with Gasteiger partial charge in [-0.2, -0.15) is 0 Å². The Labute approximate surface area is 146 Å². The first kappa shape index (κ1) is 16.5. The zero-order chi connectivity index (χ0) is 17.5. The van der Waals surface area contributed by atoms with Crippen molar-refractivity contribution >= 4 is 18.1 Å². The highest BCUT2D eigenvalue weighted by molar-refractivity contribution is 5.89. The van der Waals surface area contributed by atoms with E-state index in [2.05, 4.69) is 9.72 Å². The van der Waals surface area contributed by atoms with Crippen molar-refractivity contribution < 1.29 is 14.3 Å². The second-order valence-corrected chi connectivity index (χ2v) is 5.28. The fraction of sp³-hybridized carbons (Fsp3) is 0.0476. The van der Waals surface area contributed by atoms with Crippen LogP contribution >= 0.6 is 0 Å². The van der Waals surface area contributed by atoms with E-state index in [1.165, 1.54) is 13.3 Å². The van der Waals surface area contributed by atoms with Crippen LogP contribution in [0.4, 0.5) is 0 Å². The van der Waals surface area contributed by atoms with Gasteiger partial charge in [-0.1, -0.05) is 36.4 Å². The summed E-state index contributed by atoms with van der Waals surface area (Å²) in [6, 6.07) is 20.9. The van der Waals surface area contributed by atoms with Gasteiger partial charge < -0.3 is 9.47 Å². The van der Waals surface area contributed by atoms with Gasteiger partial charge in [-0.15, -0.1) is 0 Å². The summed E-state index contributed by atoms with van der Waals surface area (Å²) in [5, 5.41) is 0. The van der Waals surface area contributed by atoms with E-state index < -0.39 is 5.97 Å². The maximum absolute atomic E-state index is 11.4. The molecule has 0 N–H and O–H groups in total. The number of esters is 1. The number of hydrogen-bond donors (Lipinski definition) is 0. The van der Waals surface area contributed by atoms with Gasteiger partial charge in [-0.25, -0.2) is 4.79 Å². The number of nitrogens with zero attached hydrogens (tertiary/aromatic N) is 1. The first-order valence-corrected chi connectivity index (χ1v) is 7.80. The SMILES string of the molecule is COC(=O)c1ccc(/C=C/c2cccc(Oc3ccccc3)c2)nc1. The molecule has 3 aromatic rings. The van der Waals surface area contributed by atoms with Crippen LogP contribution in [0.15, 0.2) is 72.9 Å². The minimum atomic E-state index is -0.395. The molecular formula is C21H17NO3. The molecule has 0 atom stereocenters. The lowest BCUT2D eigenvalue weighted by Gasteiger charge is -2.06.